The minimum absolute atomic E-state index is 0.000926. The van der Waals surface area contributed by atoms with Crippen molar-refractivity contribution in [3.8, 4) is 0 Å². The zero-order chi connectivity index (χ0) is 13.0. The molecule has 0 spiro atoms. The van der Waals surface area contributed by atoms with Gasteiger partial charge in [-0.3, -0.25) is 4.68 Å². The van der Waals surface area contributed by atoms with Crippen LogP contribution in [0.2, 0.25) is 0 Å². The topological polar surface area (TPSA) is 66.0 Å². The second kappa shape index (κ2) is 6.29. The molecular weight excluding hydrogens is 228 g/mol. The largest absolute Gasteiger partial charge is 0.380 e. The third-order valence-corrected chi connectivity index (χ3v) is 4.03. The number of aryl methyl sites for hydroxylation is 1. The van der Waals surface area contributed by atoms with Crippen LogP contribution in [0.5, 0.6) is 0 Å². The maximum Gasteiger partial charge on any atom is 0.138 e. The molecule has 2 unspecified atom stereocenters. The first-order chi connectivity index (χ1) is 8.72. The molecule has 0 amide bonds. The molecule has 0 bridgehead atoms. The van der Waals surface area contributed by atoms with Crippen LogP contribution in [0.25, 0.3) is 0 Å². The minimum atomic E-state index is 0.000926. The second-order valence-corrected chi connectivity index (χ2v) is 5.27. The van der Waals surface area contributed by atoms with Crippen molar-refractivity contribution in [2.24, 2.45) is 18.7 Å². The highest BCUT2D eigenvalue weighted by atomic mass is 16.5. The van der Waals surface area contributed by atoms with E-state index in [0.717, 1.165) is 12.2 Å². The predicted molar refractivity (Wildman–Crippen MR) is 70.1 cm³/mol. The highest BCUT2D eigenvalue weighted by Crippen LogP contribution is 2.29. The van der Waals surface area contributed by atoms with Crippen LogP contribution in [-0.2, 0) is 18.2 Å². The SMILES string of the molecule is COC(C(N)Cc1ncnn1C)C1CCCCC1. The average molecular weight is 252 g/mol. The van der Waals surface area contributed by atoms with E-state index in [-0.39, 0.29) is 12.1 Å². The molecule has 2 N–H and O–H groups in total. The summed E-state index contributed by atoms with van der Waals surface area (Å²) in [4.78, 5) is 4.23. The Kier molecular flexibility index (Phi) is 4.72. The summed E-state index contributed by atoms with van der Waals surface area (Å²) < 4.78 is 7.44. The molecule has 1 aliphatic rings. The van der Waals surface area contributed by atoms with Gasteiger partial charge < -0.3 is 10.5 Å². The van der Waals surface area contributed by atoms with Crippen LogP contribution in [0, 0.1) is 5.92 Å². The smallest absolute Gasteiger partial charge is 0.138 e. The molecule has 2 rings (SSSR count). The molecular formula is C13H24N4O. The van der Waals surface area contributed by atoms with Gasteiger partial charge in [-0.25, -0.2) is 4.98 Å². The van der Waals surface area contributed by atoms with Gasteiger partial charge in [0.2, 0.25) is 0 Å². The van der Waals surface area contributed by atoms with Crippen LogP contribution in [0.15, 0.2) is 6.33 Å². The maximum absolute atomic E-state index is 6.31. The molecule has 2 atom stereocenters. The Labute approximate surface area is 109 Å². The summed E-state index contributed by atoms with van der Waals surface area (Å²) in [5, 5.41) is 4.08. The molecule has 1 aromatic heterocycles. The van der Waals surface area contributed by atoms with Gasteiger partial charge in [-0.05, 0) is 18.8 Å². The Morgan fingerprint density at radius 2 is 2.17 bits per heavy atom. The number of hydrogen-bond acceptors (Lipinski definition) is 4. The lowest BCUT2D eigenvalue weighted by Crippen LogP contribution is -2.44. The van der Waals surface area contributed by atoms with Gasteiger partial charge >= 0.3 is 0 Å². The van der Waals surface area contributed by atoms with Crippen LogP contribution in [0.4, 0.5) is 0 Å². The van der Waals surface area contributed by atoms with E-state index in [1.54, 1.807) is 18.1 Å². The standard InChI is InChI=1S/C13H24N4O/c1-17-12(15-9-16-17)8-11(14)13(18-2)10-6-4-3-5-7-10/h9-11,13H,3-8,14H2,1-2H3. The monoisotopic (exact) mass is 252 g/mol. The third-order valence-electron chi connectivity index (χ3n) is 4.03. The number of nitrogens with zero attached hydrogens (tertiary/aromatic N) is 3. The molecule has 0 aromatic carbocycles. The Morgan fingerprint density at radius 1 is 1.44 bits per heavy atom. The summed E-state index contributed by atoms with van der Waals surface area (Å²) in [7, 11) is 3.67. The minimum Gasteiger partial charge on any atom is -0.380 e. The highest BCUT2D eigenvalue weighted by molar-refractivity contribution is 4.93. The fourth-order valence-corrected chi connectivity index (χ4v) is 3.01. The number of aromatic nitrogens is 3. The molecule has 0 radical (unpaired) electrons. The first-order valence-electron chi connectivity index (χ1n) is 6.83. The highest BCUT2D eigenvalue weighted by Gasteiger charge is 2.29. The van der Waals surface area contributed by atoms with E-state index in [1.165, 1.54) is 32.1 Å². The Morgan fingerprint density at radius 3 is 2.72 bits per heavy atom. The van der Waals surface area contributed by atoms with E-state index in [9.17, 15) is 0 Å². The van der Waals surface area contributed by atoms with Gasteiger partial charge in [0, 0.05) is 26.6 Å². The summed E-state index contributed by atoms with van der Waals surface area (Å²) in [6.45, 7) is 0. The molecule has 1 heterocycles. The van der Waals surface area contributed by atoms with E-state index in [1.807, 2.05) is 7.05 Å². The predicted octanol–water partition coefficient (Wildman–Crippen LogP) is 1.28. The molecule has 1 saturated carbocycles. The van der Waals surface area contributed by atoms with Crippen LogP contribution in [0.1, 0.15) is 37.9 Å². The quantitative estimate of drug-likeness (QED) is 0.857. The van der Waals surface area contributed by atoms with E-state index in [2.05, 4.69) is 10.1 Å². The lowest BCUT2D eigenvalue weighted by molar-refractivity contribution is 0.0173. The van der Waals surface area contributed by atoms with Gasteiger partial charge in [0.1, 0.15) is 12.2 Å². The normalized spacial score (nSPS) is 20.8. The van der Waals surface area contributed by atoms with Gasteiger partial charge in [-0.2, -0.15) is 5.10 Å². The van der Waals surface area contributed by atoms with Gasteiger partial charge in [0.25, 0.3) is 0 Å². The zero-order valence-corrected chi connectivity index (χ0v) is 11.4. The van der Waals surface area contributed by atoms with Crippen molar-refractivity contribution in [3.63, 3.8) is 0 Å². The number of nitrogens with two attached hydrogens (primary N) is 1. The van der Waals surface area contributed by atoms with Crippen LogP contribution >= 0.6 is 0 Å². The Hall–Kier alpha value is -0.940. The Bertz CT molecular complexity index is 360. The maximum atomic E-state index is 6.31. The molecule has 5 nitrogen and oxygen atoms in total. The molecule has 1 aliphatic carbocycles. The lowest BCUT2D eigenvalue weighted by Gasteiger charge is -2.32. The fourth-order valence-electron chi connectivity index (χ4n) is 3.01. The van der Waals surface area contributed by atoms with Crippen molar-refractivity contribution in [1.82, 2.24) is 14.8 Å². The van der Waals surface area contributed by atoms with Crippen molar-refractivity contribution in [1.29, 1.82) is 0 Å². The molecule has 0 saturated heterocycles. The van der Waals surface area contributed by atoms with Crippen molar-refractivity contribution in [2.75, 3.05) is 7.11 Å². The summed E-state index contributed by atoms with van der Waals surface area (Å²) in [6, 6.07) is 0.000926. The third kappa shape index (κ3) is 3.09. The number of methoxy groups -OCH3 is 1. The first kappa shape index (κ1) is 13.5. The first-order valence-corrected chi connectivity index (χ1v) is 6.83. The molecule has 18 heavy (non-hydrogen) atoms. The zero-order valence-electron chi connectivity index (χ0n) is 11.4. The number of ether oxygens (including phenoxy) is 1. The fraction of sp³-hybridized carbons (Fsp3) is 0.846. The summed E-state index contributed by atoms with van der Waals surface area (Å²) >= 11 is 0. The molecule has 0 aliphatic heterocycles. The lowest BCUT2D eigenvalue weighted by atomic mass is 9.82. The summed E-state index contributed by atoms with van der Waals surface area (Å²) in [5.41, 5.74) is 6.31. The van der Waals surface area contributed by atoms with Crippen LogP contribution in [0.3, 0.4) is 0 Å². The van der Waals surface area contributed by atoms with Crippen molar-refractivity contribution in [3.05, 3.63) is 12.2 Å². The summed E-state index contributed by atoms with van der Waals surface area (Å²) in [6.07, 6.45) is 8.89. The van der Waals surface area contributed by atoms with Crippen molar-refractivity contribution < 1.29 is 4.74 Å². The average Bonchev–Trinajstić information content (AvgIpc) is 2.77. The molecule has 1 fully saturated rings. The molecule has 102 valence electrons. The van der Waals surface area contributed by atoms with Crippen molar-refractivity contribution >= 4 is 0 Å². The number of hydrogen-bond donors (Lipinski definition) is 1. The van der Waals surface area contributed by atoms with Gasteiger partial charge in [0.05, 0.1) is 6.10 Å². The van der Waals surface area contributed by atoms with Crippen LogP contribution < -0.4 is 5.73 Å². The van der Waals surface area contributed by atoms with Crippen LogP contribution in [-0.4, -0.2) is 34.0 Å². The number of rotatable bonds is 5. The summed E-state index contributed by atoms with van der Waals surface area (Å²) in [5.74, 6) is 1.53. The molecule has 1 aromatic rings. The van der Waals surface area contributed by atoms with Crippen molar-refractivity contribution in [2.45, 2.75) is 50.7 Å². The van der Waals surface area contributed by atoms with E-state index >= 15 is 0 Å². The van der Waals surface area contributed by atoms with E-state index in [4.69, 9.17) is 10.5 Å². The van der Waals surface area contributed by atoms with Gasteiger partial charge in [-0.15, -0.1) is 0 Å². The van der Waals surface area contributed by atoms with Gasteiger partial charge in [0.15, 0.2) is 0 Å². The second-order valence-electron chi connectivity index (χ2n) is 5.27. The van der Waals surface area contributed by atoms with E-state index < -0.39 is 0 Å². The molecule has 5 heteroatoms. The Balaban J connectivity index is 1.96. The van der Waals surface area contributed by atoms with Gasteiger partial charge in [-0.1, -0.05) is 19.3 Å². The van der Waals surface area contributed by atoms with E-state index in [0.29, 0.717) is 5.92 Å².